The molecule has 0 saturated heterocycles. The first-order valence-corrected chi connectivity index (χ1v) is 6.39. The van der Waals surface area contributed by atoms with Gasteiger partial charge in [0, 0.05) is 20.2 Å². The SMILES string of the molecule is COCCNC(=O)NCC[C@@H](O)c1ccsc1. The number of amides is 2. The molecule has 1 heterocycles. The molecular formula is C11H18N2O3S. The lowest BCUT2D eigenvalue weighted by molar-refractivity contribution is 0.166. The van der Waals surface area contributed by atoms with Crippen molar-refractivity contribution < 1.29 is 14.6 Å². The van der Waals surface area contributed by atoms with Crippen LogP contribution < -0.4 is 10.6 Å². The van der Waals surface area contributed by atoms with E-state index in [0.29, 0.717) is 26.1 Å². The average molecular weight is 258 g/mol. The van der Waals surface area contributed by atoms with Crippen LogP contribution in [0.5, 0.6) is 0 Å². The summed E-state index contributed by atoms with van der Waals surface area (Å²) in [7, 11) is 1.58. The van der Waals surface area contributed by atoms with Crippen molar-refractivity contribution in [2.45, 2.75) is 12.5 Å². The first kappa shape index (κ1) is 14.0. The number of nitrogens with one attached hydrogen (secondary N) is 2. The van der Waals surface area contributed by atoms with E-state index in [2.05, 4.69) is 10.6 Å². The van der Waals surface area contributed by atoms with Crippen molar-refractivity contribution in [3.05, 3.63) is 22.4 Å². The number of thiophene rings is 1. The lowest BCUT2D eigenvalue weighted by Crippen LogP contribution is -2.38. The number of rotatable bonds is 7. The molecule has 0 aliphatic rings. The summed E-state index contributed by atoms with van der Waals surface area (Å²) in [4.78, 5) is 11.2. The van der Waals surface area contributed by atoms with E-state index < -0.39 is 6.10 Å². The van der Waals surface area contributed by atoms with Gasteiger partial charge in [0.25, 0.3) is 0 Å². The summed E-state index contributed by atoms with van der Waals surface area (Å²) in [5.74, 6) is 0. The molecule has 6 heteroatoms. The predicted molar refractivity (Wildman–Crippen MR) is 67.2 cm³/mol. The molecule has 0 fully saturated rings. The van der Waals surface area contributed by atoms with Gasteiger partial charge in [-0.15, -0.1) is 0 Å². The van der Waals surface area contributed by atoms with Crippen LogP contribution in [0, 0.1) is 0 Å². The standard InChI is InChI=1S/C11H18N2O3S/c1-16-6-5-13-11(15)12-4-2-10(14)9-3-7-17-8-9/h3,7-8,10,14H,2,4-6H2,1H3,(H2,12,13,15)/t10-/m1/s1. The van der Waals surface area contributed by atoms with Crippen molar-refractivity contribution in [1.82, 2.24) is 10.6 Å². The Bertz CT molecular complexity index is 317. The van der Waals surface area contributed by atoms with E-state index in [1.54, 1.807) is 18.4 Å². The number of aliphatic hydroxyl groups is 1. The average Bonchev–Trinajstić information content (AvgIpc) is 2.82. The Hall–Kier alpha value is -1.11. The summed E-state index contributed by atoms with van der Waals surface area (Å²) >= 11 is 1.55. The van der Waals surface area contributed by atoms with Crippen molar-refractivity contribution in [3.8, 4) is 0 Å². The minimum Gasteiger partial charge on any atom is -0.388 e. The van der Waals surface area contributed by atoms with Crippen LogP contribution in [-0.2, 0) is 4.74 Å². The first-order valence-electron chi connectivity index (χ1n) is 5.45. The fourth-order valence-electron chi connectivity index (χ4n) is 1.28. The maximum Gasteiger partial charge on any atom is 0.314 e. The molecule has 1 aromatic heterocycles. The van der Waals surface area contributed by atoms with Gasteiger partial charge in [-0.3, -0.25) is 0 Å². The van der Waals surface area contributed by atoms with Crippen molar-refractivity contribution >= 4 is 17.4 Å². The quantitative estimate of drug-likeness (QED) is 0.642. The van der Waals surface area contributed by atoms with Gasteiger partial charge >= 0.3 is 6.03 Å². The zero-order valence-electron chi connectivity index (χ0n) is 9.81. The Labute approximate surface area is 105 Å². The molecule has 0 radical (unpaired) electrons. The van der Waals surface area contributed by atoms with Crippen LogP contribution in [0.1, 0.15) is 18.1 Å². The molecule has 1 rings (SSSR count). The first-order chi connectivity index (χ1) is 8.24. The highest BCUT2D eigenvalue weighted by atomic mass is 32.1. The van der Waals surface area contributed by atoms with Crippen molar-refractivity contribution in [2.75, 3.05) is 26.8 Å². The van der Waals surface area contributed by atoms with Crippen LogP contribution in [-0.4, -0.2) is 37.9 Å². The molecule has 5 nitrogen and oxygen atoms in total. The largest absolute Gasteiger partial charge is 0.388 e. The predicted octanol–water partition coefficient (Wildman–Crippen LogP) is 1.12. The second-order valence-electron chi connectivity index (χ2n) is 3.54. The van der Waals surface area contributed by atoms with Gasteiger partial charge in [-0.25, -0.2) is 4.79 Å². The molecule has 0 aromatic carbocycles. The van der Waals surface area contributed by atoms with Gasteiger partial charge in [0.15, 0.2) is 0 Å². The molecular weight excluding hydrogens is 240 g/mol. The van der Waals surface area contributed by atoms with Crippen LogP contribution in [0.15, 0.2) is 16.8 Å². The highest BCUT2D eigenvalue weighted by Gasteiger charge is 2.08. The summed E-state index contributed by atoms with van der Waals surface area (Å²) in [6.45, 7) is 1.41. The van der Waals surface area contributed by atoms with E-state index >= 15 is 0 Å². The second kappa shape index (κ2) is 8.05. The zero-order valence-corrected chi connectivity index (χ0v) is 10.6. The molecule has 1 aromatic rings. The minimum absolute atomic E-state index is 0.237. The molecule has 3 N–H and O–H groups in total. The Morgan fingerprint density at radius 3 is 2.94 bits per heavy atom. The van der Waals surface area contributed by atoms with Crippen molar-refractivity contribution in [3.63, 3.8) is 0 Å². The van der Waals surface area contributed by atoms with Crippen LogP contribution in [0.4, 0.5) is 4.79 Å². The molecule has 0 aliphatic carbocycles. The molecule has 0 saturated carbocycles. The Balaban J connectivity index is 2.09. The molecule has 0 aliphatic heterocycles. The smallest absolute Gasteiger partial charge is 0.314 e. The number of carbonyl (C=O) groups excluding carboxylic acids is 1. The fourth-order valence-corrected chi connectivity index (χ4v) is 1.99. The highest BCUT2D eigenvalue weighted by molar-refractivity contribution is 7.07. The normalized spacial score (nSPS) is 12.1. The maximum absolute atomic E-state index is 11.2. The molecule has 0 unspecified atom stereocenters. The number of carbonyl (C=O) groups is 1. The van der Waals surface area contributed by atoms with Crippen LogP contribution in [0.25, 0.3) is 0 Å². The Morgan fingerprint density at radius 2 is 2.29 bits per heavy atom. The molecule has 96 valence electrons. The molecule has 0 bridgehead atoms. The fraction of sp³-hybridized carbons (Fsp3) is 0.545. The summed E-state index contributed by atoms with van der Waals surface area (Å²) in [5.41, 5.74) is 0.900. The minimum atomic E-state index is -0.513. The van der Waals surface area contributed by atoms with Crippen molar-refractivity contribution in [1.29, 1.82) is 0 Å². The number of ether oxygens (including phenoxy) is 1. The van der Waals surface area contributed by atoms with Gasteiger partial charge < -0.3 is 20.5 Å². The van der Waals surface area contributed by atoms with E-state index in [-0.39, 0.29) is 6.03 Å². The zero-order chi connectivity index (χ0) is 12.5. The number of hydrogen-bond acceptors (Lipinski definition) is 4. The molecule has 17 heavy (non-hydrogen) atoms. The van der Waals surface area contributed by atoms with E-state index in [0.717, 1.165) is 5.56 Å². The number of urea groups is 1. The molecule has 0 spiro atoms. The van der Waals surface area contributed by atoms with E-state index in [1.807, 2.05) is 16.8 Å². The summed E-state index contributed by atoms with van der Waals surface area (Å²) in [6, 6.07) is 1.65. The van der Waals surface area contributed by atoms with E-state index in [9.17, 15) is 9.90 Å². The maximum atomic E-state index is 11.2. The number of aliphatic hydroxyl groups excluding tert-OH is 1. The monoisotopic (exact) mass is 258 g/mol. The molecule has 2 amide bonds. The third kappa shape index (κ3) is 5.67. The number of hydrogen-bond donors (Lipinski definition) is 3. The topological polar surface area (TPSA) is 70.6 Å². The van der Waals surface area contributed by atoms with Gasteiger partial charge in [0.1, 0.15) is 0 Å². The van der Waals surface area contributed by atoms with Gasteiger partial charge in [-0.05, 0) is 28.8 Å². The van der Waals surface area contributed by atoms with Crippen molar-refractivity contribution in [2.24, 2.45) is 0 Å². The van der Waals surface area contributed by atoms with Gasteiger partial charge in [0.2, 0.25) is 0 Å². The van der Waals surface area contributed by atoms with Gasteiger partial charge in [0.05, 0.1) is 12.7 Å². The summed E-state index contributed by atoms with van der Waals surface area (Å²) < 4.78 is 4.80. The third-order valence-corrected chi connectivity index (χ3v) is 2.92. The third-order valence-electron chi connectivity index (χ3n) is 2.22. The Kier molecular flexibility index (Phi) is 6.61. The summed E-state index contributed by atoms with van der Waals surface area (Å²) in [6.07, 6.45) is -0.00504. The van der Waals surface area contributed by atoms with Crippen LogP contribution >= 0.6 is 11.3 Å². The lowest BCUT2D eigenvalue weighted by Gasteiger charge is -2.10. The molecule has 1 atom stereocenters. The van der Waals surface area contributed by atoms with E-state index in [4.69, 9.17) is 4.74 Å². The van der Waals surface area contributed by atoms with Crippen LogP contribution in [0.3, 0.4) is 0 Å². The van der Waals surface area contributed by atoms with E-state index in [1.165, 1.54) is 0 Å². The van der Waals surface area contributed by atoms with Crippen LogP contribution in [0.2, 0.25) is 0 Å². The highest BCUT2D eigenvalue weighted by Crippen LogP contribution is 2.18. The van der Waals surface area contributed by atoms with Gasteiger partial charge in [-0.2, -0.15) is 11.3 Å². The Morgan fingerprint density at radius 1 is 1.53 bits per heavy atom. The number of methoxy groups -OCH3 is 1. The lowest BCUT2D eigenvalue weighted by atomic mass is 10.1. The van der Waals surface area contributed by atoms with Gasteiger partial charge in [-0.1, -0.05) is 0 Å². The summed E-state index contributed by atoms with van der Waals surface area (Å²) in [5, 5.41) is 18.9. The second-order valence-corrected chi connectivity index (χ2v) is 4.32.